The number of hydrogen-bond donors (Lipinski definition) is 0. The fraction of sp³-hybridized carbons (Fsp3) is 0.375. The Balaban J connectivity index is 2.65. The van der Waals surface area contributed by atoms with Gasteiger partial charge in [-0.15, -0.1) is 0 Å². The zero-order valence-corrected chi connectivity index (χ0v) is 5.50. The molecule has 1 heteroatoms. The molecule has 0 fully saturated rings. The summed E-state index contributed by atoms with van der Waals surface area (Å²) in [4.78, 5) is 10.3. The topological polar surface area (TPSA) is 17.1 Å². The van der Waals surface area contributed by atoms with Crippen molar-refractivity contribution in [2.75, 3.05) is 0 Å². The van der Waals surface area contributed by atoms with Crippen molar-refractivity contribution in [1.29, 1.82) is 0 Å². The molecule has 1 atom stereocenters. The van der Waals surface area contributed by atoms with Crippen molar-refractivity contribution < 1.29 is 4.79 Å². The minimum absolute atomic E-state index is 0.391. The van der Waals surface area contributed by atoms with Gasteiger partial charge < -0.3 is 0 Å². The molecule has 0 amide bonds. The Kier molecular flexibility index (Phi) is 1.83. The van der Waals surface area contributed by atoms with E-state index in [-0.39, 0.29) is 0 Å². The Bertz CT molecular complexity index is 165. The van der Waals surface area contributed by atoms with Gasteiger partial charge in [0.05, 0.1) is 0 Å². The zero-order chi connectivity index (χ0) is 6.69. The highest BCUT2D eigenvalue weighted by Crippen LogP contribution is 2.19. The van der Waals surface area contributed by atoms with E-state index in [9.17, 15) is 4.79 Å². The molecule has 0 spiro atoms. The van der Waals surface area contributed by atoms with Crippen LogP contribution in [0.4, 0.5) is 0 Å². The average Bonchev–Trinajstić information content (AvgIpc) is 2.33. The summed E-state index contributed by atoms with van der Waals surface area (Å²) in [5, 5.41) is 0. The second-order valence-corrected chi connectivity index (χ2v) is 2.18. The number of hydrogen-bond acceptors (Lipinski definition) is 1. The molecule has 0 aromatic heterocycles. The summed E-state index contributed by atoms with van der Waals surface area (Å²) in [5.74, 6) is 0.391. The van der Waals surface area contributed by atoms with Crippen molar-refractivity contribution in [3.8, 4) is 0 Å². The Labute approximate surface area is 55.1 Å². The molecule has 0 radical (unpaired) electrons. The molecule has 0 aromatic rings. The van der Waals surface area contributed by atoms with E-state index in [1.807, 2.05) is 12.2 Å². The van der Waals surface area contributed by atoms with Gasteiger partial charge in [0.1, 0.15) is 6.29 Å². The van der Waals surface area contributed by atoms with Crippen LogP contribution in [0.2, 0.25) is 0 Å². The predicted molar refractivity (Wildman–Crippen MR) is 37.1 cm³/mol. The van der Waals surface area contributed by atoms with E-state index in [0.717, 1.165) is 18.3 Å². The SMILES string of the molecule is CC[C@H]1C=CC=C1C=O. The molecule has 48 valence electrons. The summed E-state index contributed by atoms with van der Waals surface area (Å²) in [6.07, 6.45) is 7.85. The van der Waals surface area contributed by atoms with Crippen LogP contribution in [0.25, 0.3) is 0 Å². The van der Waals surface area contributed by atoms with Crippen molar-refractivity contribution in [1.82, 2.24) is 0 Å². The summed E-state index contributed by atoms with van der Waals surface area (Å²) in [7, 11) is 0. The van der Waals surface area contributed by atoms with Gasteiger partial charge in [-0.05, 0) is 12.0 Å². The van der Waals surface area contributed by atoms with Gasteiger partial charge in [0, 0.05) is 5.92 Å². The number of carbonyl (C=O) groups excluding carboxylic acids is 1. The summed E-state index contributed by atoms with van der Waals surface area (Å²) in [6, 6.07) is 0. The predicted octanol–water partition coefficient (Wildman–Crippen LogP) is 1.71. The van der Waals surface area contributed by atoms with Crippen molar-refractivity contribution in [2.45, 2.75) is 13.3 Å². The van der Waals surface area contributed by atoms with Gasteiger partial charge in [-0.25, -0.2) is 0 Å². The molecule has 0 N–H and O–H groups in total. The minimum Gasteiger partial charge on any atom is -0.298 e. The number of rotatable bonds is 2. The maximum atomic E-state index is 10.3. The van der Waals surface area contributed by atoms with Crippen molar-refractivity contribution in [2.24, 2.45) is 5.92 Å². The third kappa shape index (κ3) is 1.10. The van der Waals surface area contributed by atoms with Crippen LogP contribution in [-0.4, -0.2) is 6.29 Å². The normalized spacial score (nSPS) is 24.1. The Hall–Kier alpha value is -0.850. The van der Waals surface area contributed by atoms with Crippen LogP contribution in [0.3, 0.4) is 0 Å². The van der Waals surface area contributed by atoms with Gasteiger partial charge in [-0.1, -0.05) is 25.2 Å². The monoisotopic (exact) mass is 122 g/mol. The van der Waals surface area contributed by atoms with E-state index >= 15 is 0 Å². The van der Waals surface area contributed by atoms with Gasteiger partial charge in [-0.2, -0.15) is 0 Å². The fourth-order valence-electron chi connectivity index (χ4n) is 1.03. The maximum absolute atomic E-state index is 10.3. The first-order valence-corrected chi connectivity index (χ1v) is 3.22. The van der Waals surface area contributed by atoms with Crippen LogP contribution in [0.15, 0.2) is 23.8 Å². The summed E-state index contributed by atoms with van der Waals surface area (Å²) in [6.45, 7) is 2.08. The van der Waals surface area contributed by atoms with Crippen molar-refractivity contribution in [3.05, 3.63) is 23.8 Å². The standard InChI is InChI=1S/C8H10O/c1-2-7-4-3-5-8(7)6-9/h3-7H,2H2,1H3/t7-/m0/s1. The van der Waals surface area contributed by atoms with E-state index < -0.39 is 0 Å². The van der Waals surface area contributed by atoms with Crippen molar-refractivity contribution in [3.63, 3.8) is 0 Å². The number of aldehydes is 1. The first kappa shape index (κ1) is 6.27. The summed E-state index contributed by atoms with van der Waals surface area (Å²) in [5.41, 5.74) is 0.914. The minimum atomic E-state index is 0.391. The second kappa shape index (κ2) is 2.62. The quantitative estimate of drug-likeness (QED) is 0.509. The lowest BCUT2D eigenvalue weighted by Crippen LogP contribution is -1.95. The molecule has 0 aliphatic heterocycles. The smallest absolute Gasteiger partial charge is 0.146 e. The van der Waals surface area contributed by atoms with E-state index in [1.165, 1.54) is 0 Å². The second-order valence-electron chi connectivity index (χ2n) is 2.18. The van der Waals surface area contributed by atoms with E-state index in [4.69, 9.17) is 0 Å². The van der Waals surface area contributed by atoms with Crippen LogP contribution in [0.5, 0.6) is 0 Å². The molecule has 0 saturated heterocycles. The highest BCUT2D eigenvalue weighted by Gasteiger charge is 2.10. The molecule has 0 unspecified atom stereocenters. The van der Waals surface area contributed by atoms with Gasteiger partial charge in [-0.3, -0.25) is 4.79 Å². The van der Waals surface area contributed by atoms with Crippen LogP contribution in [0.1, 0.15) is 13.3 Å². The lowest BCUT2D eigenvalue weighted by Gasteiger charge is -2.02. The average molecular weight is 122 g/mol. The zero-order valence-electron chi connectivity index (χ0n) is 5.50. The molecule has 9 heavy (non-hydrogen) atoms. The van der Waals surface area contributed by atoms with Gasteiger partial charge >= 0.3 is 0 Å². The van der Waals surface area contributed by atoms with Gasteiger partial charge in [0.15, 0.2) is 0 Å². The third-order valence-electron chi connectivity index (χ3n) is 1.64. The first-order chi connectivity index (χ1) is 4.38. The van der Waals surface area contributed by atoms with Crippen LogP contribution in [0, 0.1) is 5.92 Å². The Morgan fingerprint density at radius 2 is 2.56 bits per heavy atom. The van der Waals surface area contributed by atoms with Crippen LogP contribution >= 0.6 is 0 Å². The van der Waals surface area contributed by atoms with E-state index in [1.54, 1.807) is 0 Å². The molecule has 1 aliphatic carbocycles. The van der Waals surface area contributed by atoms with Gasteiger partial charge in [0.25, 0.3) is 0 Å². The fourth-order valence-corrected chi connectivity index (χ4v) is 1.03. The summed E-state index contributed by atoms with van der Waals surface area (Å²) >= 11 is 0. The van der Waals surface area contributed by atoms with Gasteiger partial charge in [0.2, 0.25) is 0 Å². The molecular weight excluding hydrogens is 112 g/mol. The lowest BCUT2D eigenvalue weighted by molar-refractivity contribution is -0.105. The Morgan fingerprint density at radius 1 is 1.78 bits per heavy atom. The molecule has 0 heterocycles. The van der Waals surface area contributed by atoms with E-state index in [0.29, 0.717) is 5.92 Å². The molecule has 0 bridgehead atoms. The molecule has 1 aliphatic rings. The summed E-state index contributed by atoms with van der Waals surface area (Å²) < 4.78 is 0. The first-order valence-electron chi connectivity index (χ1n) is 3.22. The number of allylic oxidation sites excluding steroid dienone is 4. The van der Waals surface area contributed by atoms with Crippen molar-refractivity contribution >= 4 is 6.29 Å². The molecule has 1 rings (SSSR count). The van der Waals surface area contributed by atoms with Crippen LogP contribution < -0.4 is 0 Å². The highest BCUT2D eigenvalue weighted by molar-refractivity contribution is 5.76. The Morgan fingerprint density at radius 3 is 3.00 bits per heavy atom. The lowest BCUT2D eigenvalue weighted by atomic mass is 10.0. The molecule has 0 aromatic carbocycles. The van der Waals surface area contributed by atoms with E-state index in [2.05, 4.69) is 13.0 Å². The third-order valence-corrected chi connectivity index (χ3v) is 1.64. The molecular formula is C8H10O. The molecule has 0 saturated carbocycles. The highest BCUT2D eigenvalue weighted by atomic mass is 16.1. The molecule has 1 nitrogen and oxygen atoms in total. The maximum Gasteiger partial charge on any atom is 0.146 e. The van der Waals surface area contributed by atoms with Crippen LogP contribution in [-0.2, 0) is 4.79 Å². The number of carbonyl (C=O) groups is 1. The largest absolute Gasteiger partial charge is 0.298 e.